The minimum absolute atomic E-state index is 0.322. The molecule has 0 aliphatic carbocycles. The molecule has 7 heteroatoms. The fourth-order valence-corrected chi connectivity index (χ4v) is 3.22. The van der Waals surface area contributed by atoms with Gasteiger partial charge in [-0.25, -0.2) is 0 Å². The molecule has 1 heterocycles. The highest BCUT2D eigenvalue weighted by Crippen LogP contribution is 2.23. The third-order valence-electron chi connectivity index (χ3n) is 4.93. The van der Waals surface area contributed by atoms with Gasteiger partial charge in [0, 0.05) is 13.1 Å². The van der Waals surface area contributed by atoms with Gasteiger partial charge in [-0.1, -0.05) is 36.4 Å². The number of fused-ring (bicyclic) bond motifs is 1. The highest BCUT2D eigenvalue weighted by molar-refractivity contribution is 5.90. The van der Waals surface area contributed by atoms with Crippen LogP contribution in [0.1, 0.15) is 29.7 Å². The molecule has 28 heavy (non-hydrogen) atoms. The first-order chi connectivity index (χ1) is 13.4. The molecule has 0 radical (unpaired) electrons. The van der Waals surface area contributed by atoms with Gasteiger partial charge in [-0.05, 0) is 41.9 Å². The number of hydrogen-bond donors (Lipinski definition) is 2. The third kappa shape index (κ3) is 4.16. The van der Waals surface area contributed by atoms with Crippen LogP contribution in [0.2, 0.25) is 0 Å². The number of carbonyl (C=O) groups is 2. The highest BCUT2D eigenvalue weighted by Gasteiger charge is 2.31. The summed E-state index contributed by atoms with van der Waals surface area (Å²) in [6, 6.07) is 14.1. The highest BCUT2D eigenvalue weighted by atomic mass is 16.5. The summed E-state index contributed by atoms with van der Waals surface area (Å²) in [7, 11) is 1.56. The average molecular weight is 383 g/mol. The molecule has 3 atom stereocenters. The summed E-state index contributed by atoms with van der Waals surface area (Å²) in [5.74, 6) is -0.971. The van der Waals surface area contributed by atoms with E-state index in [1.165, 1.54) is 4.90 Å². The largest absolute Gasteiger partial charge is 0.843 e. The number of aliphatic hydroxyl groups excluding tert-OH is 1. The summed E-state index contributed by atoms with van der Waals surface area (Å²) in [6.45, 7) is 2.36. The van der Waals surface area contributed by atoms with Crippen molar-refractivity contribution in [3.8, 4) is 5.75 Å². The van der Waals surface area contributed by atoms with Crippen molar-refractivity contribution in [1.29, 1.82) is 0 Å². The van der Waals surface area contributed by atoms with Gasteiger partial charge in [-0.15, -0.1) is 0 Å². The van der Waals surface area contributed by atoms with Crippen molar-refractivity contribution in [3.05, 3.63) is 65.2 Å². The van der Waals surface area contributed by atoms with Gasteiger partial charge in [0.2, 0.25) is 5.91 Å². The zero-order valence-corrected chi connectivity index (χ0v) is 15.8. The molecule has 0 spiro atoms. The van der Waals surface area contributed by atoms with E-state index in [2.05, 4.69) is 5.32 Å². The van der Waals surface area contributed by atoms with Gasteiger partial charge in [0.25, 0.3) is 5.91 Å². The zero-order valence-electron chi connectivity index (χ0n) is 15.8. The van der Waals surface area contributed by atoms with E-state index in [-0.39, 0.29) is 0 Å². The van der Waals surface area contributed by atoms with Crippen molar-refractivity contribution in [1.82, 2.24) is 10.2 Å². The average Bonchev–Trinajstić information content (AvgIpc) is 3.16. The van der Waals surface area contributed by atoms with Crippen LogP contribution in [0.25, 0.3) is 0 Å². The molecule has 1 aliphatic heterocycles. The van der Waals surface area contributed by atoms with Crippen LogP contribution in [0.4, 0.5) is 0 Å². The first kappa shape index (κ1) is 19.9. The van der Waals surface area contributed by atoms with Crippen LogP contribution < -0.4 is 15.2 Å². The van der Waals surface area contributed by atoms with Crippen LogP contribution in [0.5, 0.6) is 5.75 Å². The van der Waals surface area contributed by atoms with Gasteiger partial charge in [-0.2, -0.15) is 0 Å². The monoisotopic (exact) mass is 383 g/mol. The lowest BCUT2D eigenvalue weighted by atomic mass is 10.1. The Kier molecular flexibility index (Phi) is 5.96. The molecular formula is C21H23N2O5-. The van der Waals surface area contributed by atoms with Crippen molar-refractivity contribution in [2.75, 3.05) is 7.11 Å². The number of methoxy groups -OCH3 is 1. The molecule has 0 fully saturated rings. The van der Waals surface area contributed by atoms with Crippen LogP contribution in [-0.2, 0) is 22.7 Å². The van der Waals surface area contributed by atoms with Crippen LogP contribution >= 0.6 is 0 Å². The number of ether oxygens (including phenoxy) is 1. The fourth-order valence-electron chi connectivity index (χ4n) is 3.22. The molecule has 0 aromatic heterocycles. The molecule has 3 rings (SSSR count). The molecule has 0 bridgehead atoms. The van der Waals surface area contributed by atoms with Gasteiger partial charge < -0.3 is 25.2 Å². The van der Waals surface area contributed by atoms with Crippen LogP contribution in [0.15, 0.2) is 48.5 Å². The summed E-state index contributed by atoms with van der Waals surface area (Å²) in [5, 5.41) is 25.1. The second-order valence-electron chi connectivity index (χ2n) is 6.83. The van der Waals surface area contributed by atoms with Gasteiger partial charge in [-0.3, -0.25) is 9.59 Å². The number of rotatable bonds is 6. The molecule has 2 amide bonds. The Labute approximate surface area is 163 Å². The molecule has 7 nitrogen and oxygen atoms in total. The van der Waals surface area contributed by atoms with E-state index in [1.807, 2.05) is 24.3 Å². The summed E-state index contributed by atoms with van der Waals surface area (Å²) in [6.07, 6.45) is -4.03. The predicted molar refractivity (Wildman–Crippen MR) is 100 cm³/mol. The first-order valence-corrected chi connectivity index (χ1v) is 9.04. The summed E-state index contributed by atoms with van der Waals surface area (Å²) < 4.78 is 5.09. The van der Waals surface area contributed by atoms with Crippen LogP contribution in [-0.4, -0.2) is 41.1 Å². The Balaban J connectivity index is 1.58. The van der Waals surface area contributed by atoms with E-state index < -0.39 is 30.1 Å². The Morgan fingerprint density at radius 2 is 1.68 bits per heavy atom. The maximum Gasteiger partial charge on any atom is 0.251 e. The molecule has 148 valence electrons. The van der Waals surface area contributed by atoms with Crippen molar-refractivity contribution in [3.63, 3.8) is 0 Å². The maximum absolute atomic E-state index is 12.5. The molecule has 2 aromatic rings. The predicted octanol–water partition coefficient (Wildman–Crippen LogP) is 0.505. The molecule has 1 aliphatic rings. The number of nitrogens with zero attached hydrogens (tertiary/aromatic N) is 1. The number of benzene rings is 2. The fraction of sp³-hybridized carbons (Fsp3) is 0.333. The van der Waals surface area contributed by atoms with E-state index in [9.17, 15) is 19.8 Å². The minimum atomic E-state index is -2.10. The van der Waals surface area contributed by atoms with Gasteiger partial charge >= 0.3 is 0 Å². The number of nitrogens with one attached hydrogen (secondary N) is 1. The Morgan fingerprint density at radius 3 is 2.21 bits per heavy atom. The Morgan fingerprint density at radius 1 is 1.11 bits per heavy atom. The van der Waals surface area contributed by atoms with Gasteiger partial charge in [0.15, 0.2) is 0 Å². The lowest BCUT2D eigenvalue weighted by Crippen LogP contribution is -2.56. The Hall–Kier alpha value is -2.90. The Bertz CT molecular complexity index is 827. The minimum Gasteiger partial charge on any atom is -0.843 e. The number of hydrogen-bond acceptors (Lipinski definition) is 5. The standard InChI is InChI=1S/C21H23N2O5/c1-13(14-7-9-17(28-2)10-8-14)22-20(26)18(24)19(25)21(27)23-11-15-5-3-4-6-16(15)12-23/h3-10,13,18-19,25H,11-12H2,1-2H3,(H,22,26)/q-1/t13-,18-,19-/m1/s1. The van der Waals surface area contributed by atoms with E-state index in [4.69, 9.17) is 4.74 Å². The SMILES string of the molecule is COc1ccc([C@@H](C)NC(=O)[C@H]([O-])[C@@H](O)C(=O)N2Cc3ccccc3C2)cc1. The van der Waals surface area contributed by atoms with E-state index in [0.29, 0.717) is 18.8 Å². The first-order valence-electron chi connectivity index (χ1n) is 9.04. The molecule has 2 N–H and O–H groups in total. The van der Waals surface area contributed by atoms with Crippen molar-refractivity contribution in [2.45, 2.75) is 38.3 Å². The molecular weight excluding hydrogens is 360 g/mol. The number of aliphatic hydroxyl groups is 1. The van der Waals surface area contributed by atoms with Crippen molar-refractivity contribution < 1.29 is 24.5 Å². The maximum atomic E-state index is 12.5. The van der Waals surface area contributed by atoms with Crippen LogP contribution in [0.3, 0.4) is 0 Å². The normalized spacial score (nSPS) is 16.1. The molecule has 0 unspecified atom stereocenters. The van der Waals surface area contributed by atoms with E-state index in [0.717, 1.165) is 16.7 Å². The van der Waals surface area contributed by atoms with E-state index in [1.54, 1.807) is 38.3 Å². The molecule has 0 saturated heterocycles. The topological polar surface area (TPSA) is 102 Å². The van der Waals surface area contributed by atoms with Gasteiger partial charge in [0.05, 0.1) is 13.2 Å². The zero-order chi connectivity index (χ0) is 20.3. The molecule has 2 aromatic carbocycles. The summed E-state index contributed by atoms with van der Waals surface area (Å²) >= 11 is 0. The van der Waals surface area contributed by atoms with Crippen molar-refractivity contribution >= 4 is 11.8 Å². The van der Waals surface area contributed by atoms with E-state index >= 15 is 0 Å². The summed E-state index contributed by atoms with van der Waals surface area (Å²) in [4.78, 5) is 26.1. The number of carbonyl (C=O) groups excluding carboxylic acids is 2. The molecule has 0 saturated carbocycles. The van der Waals surface area contributed by atoms with Crippen LogP contribution in [0, 0.1) is 0 Å². The third-order valence-corrected chi connectivity index (χ3v) is 4.93. The lowest BCUT2D eigenvalue weighted by Gasteiger charge is -2.30. The number of amides is 2. The summed E-state index contributed by atoms with van der Waals surface area (Å²) in [5.41, 5.74) is 2.73. The lowest BCUT2D eigenvalue weighted by molar-refractivity contribution is -0.417. The second-order valence-corrected chi connectivity index (χ2v) is 6.83. The van der Waals surface area contributed by atoms with Gasteiger partial charge in [0.1, 0.15) is 11.9 Å². The smallest absolute Gasteiger partial charge is 0.251 e. The second kappa shape index (κ2) is 8.41. The van der Waals surface area contributed by atoms with Crippen molar-refractivity contribution in [2.24, 2.45) is 0 Å². The quantitative estimate of drug-likeness (QED) is 0.757.